The molecule has 2 atom stereocenters. The third-order valence-electron chi connectivity index (χ3n) is 3.90. The van der Waals surface area contributed by atoms with E-state index in [0.29, 0.717) is 0 Å². The summed E-state index contributed by atoms with van der Waals surface area (Å²) in [5.74, 6) is 0.947. The van der Waals surface area contributed by atoms with E-state index >= 15 is 0 Å². The summed E-state index contributed by atoms with van der Waals surface area (Å²) in [6, 6.07) is 8.42. The van der Waals surface area contributed by atoms with E-state index in [0.717, 1.165) is 23.3 Å². The lowest BCUT2D eigenvalue weighted by Crippen LogP contribution is -2.41. The second-order valence-electron chi connectivity index (χ2n) is 6.70. The molecule has 0 bridgehead atoms. The number of methoxy groups -OCH3 is 1. The molecule has 1 aromatic heterocycles. The number of fused-ring (bicyclic) bond motifs is 1. The Morgan fingerprint density at radius 3 is 2.52 bits per heavy atom. The maximum Gasteiger partial charge on any atom is 0.137 e. The number of ether oxygens (including phenoxy) is 1. The van der Waals surface area contributed by atoms with Crippen molar-refractivity contribution in [2.45, 2.75) is 46.8 Å². The van der Waals surface area contributed by atoms with Gasteiger partial charge in [-0.1, -0.05) is 45.9 Å². The second-order valence-corrected chi connectivity index (χ2v) is 6.70. The van der Waals surface area contributed by atoms with Crippen LogP contribution >= 0.6 is 0 Å². The van der Waals surface area contributed by atoms with Crippen LogP contribution in [0.15, 0.2) is 28.7 Å². The molecule has 2 rings (SSSR count). The number of para-hydroxylation sites is 1. The van der Waals surface area contributed by atoms with E-state index in [1.165, 1.54) is 5.56 Å². The lowest BCUT2D eigenvalue weighted by Gasteiger charge is -2.35. The molecule has 0 aliphatic rings. The van der Waals surface area contributed by atoms with Crippen LogP contribution in [0.25, 0.3) is 11.0 Å². The minimum absolute atomic E-state index is 0.0234. The van der Waals surface area contributed by atoms with Crippen molar-refractivity contribution >= 4 is 11.0 Å². The van der Waals surface area contributed by atoms with Crippen LogP contribution in [0.2, 0.25) is 0 Å². The van der Waals surface area contributed by atoms with Gasteiger partial charge < -0.3 is 14.5 Å². The average molecular weight is 289 g/mol. The third kappa shape index (κ3) is 3.30. The molecule has 0 fully saturated rings. The van der Waals surface area contributed by atoms with Gasteiger partial charge in [0.15, 0.2) is 0 Å². The van der Waals surface area contributed by atoms with E-state index in [4.69, 9.17) is 9.15 Å². The van der Waals surface area contributed by atoms with Gasteiger partial charge in [-0.05, 0) is 30.5 Å². The number of hydrogen-bond acceptors (Lipinski definition) is 3. The van der Waals surface area contributed by atoms with Crippen molar-refractivity contribution in [1.82, 2.24) is 5.32 Å². The maximum absolute atomic E-state index is 6.15. The molecular weight excluding hydrogens is 262 g/mol. The molecular formula is C18H27NO2. The van der Waals surface area contributed by atoms with Crippen LogP contribution in [0, 0.1) is 12.3 Å². The van der Waals surface area contributed by atoms with Crippen LogP contribution in [0.3, 0.4) is 0 Å². The number of nitrogens with one attached hydrogen (secondary N) is 1. The summed E-state index contributed by atoms with van der Waals surface area (Å²) >= 11 is 0. The molecule has 2 aromatic rings. The van der Waals surface area contributed by atoms with E-state index < -0.39 is 0 Å². The molecule has 1 aromatic carbocycles. The molecule has 3 heteroatoms. The topological polar surface area (TPSA) is 34.4 Å². The number of benzene rings is 1. The fourth-order valence-corrected chi connectivity index (χ4v) is 2.95. The summed E-state index contributed by atoms with van der Waals surface area (Å²) in [4.78, 5) is 0. The first-order chi connectivity index (χ1) is 9.88. The Morgan fingerprint density at radius 2 is 2.00 bits per heavy atom. The summed E-state index contributed by atoms with van der Waals surface area (Å²) in [7, 11) is 1.77. The Kier molecular flexibility index (Phi) is 4.74. The zero-order chi connectivity index (χ0) is 15.6. The SMILES string of the molecule is CCNC(c1cc2cccc(C)c2o1)C(OC)C(C)(C)C. The van der Waals surface area contributed by atoms with Crippen molar-refractivity contribution in [1.29, 1.82) is 0 Å². The van der Waals surface area contributed by atoms with E-state index in [1.807, 2.05) is 0 Å². The Balaban J connectivity index is 2.47. The summed E-state index contributed by atoms with van der Waals surface area (Å²) in [5, 5.41) is 4.67. The second kappa shape index (κ2) is 6.20. The molecule has 21 heavy (non-hydrogen) atoms. The monoisotopic (exact) mass is 289 g/mol. The van der Waals surface area contributed by atoms with Gasteiger partial charge in [-0.2, -0.15) is 0 Å². The molecule has 2 unspecified atom stereocenters. The normalized spacial score (nSPS) is 15.3. The lowest BCUT2D eigenvalue weighted by atomic mass is 9.83. The van der Waals surface area contributed by atoms with Crippen LogP contribution in [0.1, 0.15) is 45.1 Å². The number of likely N-dealkylation sites (N-methyl/N-ethyl adjacent to an activating group) is 1. The van der Waals surface area contributed by atoms with Crippen molar-refractivity contribution in [3.8, 4) is 0 Å². The molecule has 0 saturated carbocycles. The van der Waals surface area contributed by atoms with Crippen LogP contribution in [-0.4, -0.2) is 19.8 Å². The highest BCUT2D eigenvalue weighted by Crippen LogP contribution is 2.35. The standard InChI is InChI=1S/C18H27NO2/c1-7-19-15(17(20-6)18(3,4)5)14-11-13-10-8-9-12(2)16(13)21-14/h8-11,15,17,19H,7H2,1-6H3. The van der Waals surface area contributed by atoms with E-state index in [1.54, 1.807) is 7.11 Å². The molecule has 0 radical (unpaired) electrons. The van der Waals surface area contributed by atoms with E-state index in [9.17, 15) is 0 Å². The predicted molar refractivity (Wildman–Crippen MR) is 87.6 cm³/mol. The van der Waals surface area contributed by atoms with Crippen molar-refractivity contribution in [2.75, 3.05) is 13.7 Å². The summed E-state index contributed by atoms with van der Waals surface area (Å²) in [6.07, 6.45) is 0.0401. The summed E-state index contributed by atoms with van der Waals surface area (Å²) in [5.41, 5.74) is 2.16. The van der Waals surface area contributed by atoms with Gasteiger partial charge in [0.2, 0.25) is 0 Å². The van der Waals surface area contributed by atoms with Gasteiger partial charge >= 0.3 is 0 Å². The highest BCUT2D eigenvalue weighted by atomic mass is 16.5. The first-order valence-electron chi connectivity index (χ1n) is 7.63. The fraction of sp³-hybridized carbons (Fsp3) is 0.556. The largest absolute Gasteiger partial charge is 0.459 e. The quantitative estimate of drug-likeness (QED) is 0.883. The van der Waals surface area contributed by atoms with Crippen LogP contribution in [-0.2, 0) is 4.74 Å². The van der Waals surface area contributed by atoms with Gasteiger partial charge in [-0.25, -0.2) is 0 Å². The van der Waals surface area contributed by atoms with Crippen molar-refractivity contribution in [3.63, 3.8) is 0 Å². The minimum Gasteiger partial charge on any atom is -0.459 e. The first-order valence-corrected chi connectivity index (χ1v) is 7.63. The summed E-state index contributed by atoms with van der Waals surface area (Å²) < 4.78 is 11.9. The first kappa shape index (κ1) is 16.1. The van der Waals surface area contributed by atoms with Gasteiger partial charge in [-0.15, -0.1) is 0 Å². The number of aryl methyl sites for hydroxylation is 1. The predicted octanol–water partition coefficient (Wildman–Crippen LogP) is 4.45. The van der Waals surface area contributed by atoms with Crippen molar-refractivity contribution < 1.29 is 9.15 Å². The third-order valence-corrected chi connectivity index (χ3v) is 3.90. The van der Waals surface area contributed by atoms with Crippen molar-refractivity contribution in [2.24, 2.45) is 5.41 Å². The van der Waals surface area contributed by atoms with Crippen molar-refractivity contribution in [3.05, 3.63) is 35.6 Å². The summed E-state index contributed by atoms with van der Waals surface area (Å²) in [6.45, 7) is 11.6. The molecule has 0 amide bonds. The minimum atomic E-state index is 0.0234. The molecule has 0 spiro atoms. The fourth-order valence-electron chi connectivity index (χ4n) is 2.95. The molecule has 0 aliphatic carbocycles. The van der Waals surface area contributed by atoms with Crippen LogP contribution in [0.5, 0.6) is 0 Å². The zero-order valence-corrected chi connectivity index (χ0v) is 14.0. The molecule has 0 aliphatic heterocycles. The zero-order valence-electron chi connectivity index (χ0n) is 14.0. The van der Waals surface area contributed by atoms with Crippen LogP contribution < -0.4 is 5.32 Å². The highest BCUT2D eigenvalue weighted by molar-refractivity contribution is 5.81. The van der Waals surface area contributed by atoms with Gasteiger partial charge in [0.1, 0.15) is 11.3 Å². The Bertz CT molecular complexity index is 595. The Morgan fingerprint density at radius 1 is 1.29 bits per heavy atom. The van der Waals surface area contributed by atoms with Gasteiger partial charge in [0.05, 0.1) is 12.1 Å². The van der Waals surface area contributed by atoms with Crippen LogP contribution in [0.4, 0.5) is 0 Å². The van der Waals surface area contributed by atoms with E-state index in [2.05, 4.69) is 64.2 Å². The number of rotatable bonds is 5. The van der Waals surface area contributed by atoms with E-state index in [-0.39, 0.29) is 17.6 Å². The number of furan rings is 1. The average Bonchev–Trinajstić information content (AvgIpc) is 2.82. The molecule has 1 N–H and O–H groups in total. The highest BCUT2D eigenvalue weighted by Gasteiger charge is 2.35. The molecule has 0 saturated heterocycles. The molecule has 3 nitrogen and oxygen atoms in total. The Labute approximate surface area is 127 Å². The molecule has 1 heterocycles. The number of hydrogen-bond donors (Lipinski definition) is 1. The lowest BCUT2D eigenvalue weighted by molar-refractivity contribution is -0.0162. The smallest absolute Gasteiger partial charge is 0.137 e. The maximum atomic E-state index is 6.15. The van der Waals surface area contributed by atoms with Gasteiger partial charge in [-0.3, -0.25) is 0 Å². The molecule has 116 valence electrons. The van der Waals surface area contributed by atoms with Gasteiger partial charge in [0.25, 0.3) is 0 Å². The Hall–Kier alpha value is -1.32. The van der Waals surface area contributed by atoms with Gasteiger partial charge in [0, 0.05) is 12.5 Å².